The number of carbonyl (C=O) groups excluding carboxylic acids is 1. The predicted molar refractivity (Wildman–Crippen MR) is 88.9 cm³/mol. The van der Waals surface area contributed by atoms with Crippen molar-refractivity contribution in [3.63, 3.8) is 0 Å². The number of amidine groups is 1. The molecule has 2 aliphatic heterocycles. The highest BCUT2D eigenvalue weighted by Crippen LogP contribution is 2.32. The van der Waals surface area contributed by atoms with Gasteiger partial charge in [0.05, 0.1) is 11.5 Å². The van der Waals surface area contributed by atoms with Crippen molar-refractivity contribution in [2.45, 2.75) is 6.04 Å². The Kier molecular flexibility index (Phi) is 3.27. The number of hydrogen-bond acceptors (Lipinski definition) is 4. The topological polar surface area (TPSA) is 45.0 Å². The third-order valence-corrected chi connectivity index (χ3v) is 4.56. The van der Waals surface area contributed by atoms with Crippen molar-refractivity contribution >= 4 is 28.5 Å². The molecule has 0 bridgehead atoms. The molecule has 1 atom stereocenters. The number of thioether (sulfide) groups is 1. The average Bonchev–Trinajstić information content (AvgIpc) is 2.96. The number of rotatable bonds is 2. The highest BCUT2D eigenvalue weighted by atomic mass is 32.2. The number of carbonyl (C=O) groups is 1. The zero-order valence-corrected chi connectivity index (χ0v) is 12.5. The molecule has 108 valence electrons. The largest absolute Gasteiger partial charge is 0.271 e. The van der Waals surface area contributed by atoms with Gasteiger partial charge in [-0.3, -0.25) is 4.79 Å². The molecule has 2 aliphatic rings. The molecule has 2 aromatic carbocycles. The Labute approximate surface area is 132 Å². The quantitative estimate of drug-likeness (QED) is 0.856. The maximum absolute atomic E-state index is 11.9. The van der Waals surface area contributed by atoms with Gasteiger partial charge in [-0.2, -0.15) is 10.1 Å². The van der Waals surface area contributed by atoms with Crippen molar-refractivity contribution in [2.24, 2.45) is 10.1 Å². The predicted octanol–water partition coefficient (Wildman–Crippen LogP) is 3.08. The zero-order chi connectivity index (χ0) is 14.9. The van der Waals surface area contributed by atoms with Gasteiger partial charge in [0.15, 0.2) is 5.17 Å². The van der Waals surface area contributed by atoms with E-state index in [2.05, 4.69) is 5.10 Å². The van der Waals surface area contributed by atoms with Crippen LogP contribution in [0.3, 0.4) is 0 Å². The Morgan fingerprint density at radius 3 is 2.41 bits per heavy atom. The van der Waals surface area contributed by atoms with Crippen molar-refractivity contribution in [3.8, 4) is 0 Å². The van der Waals surface area contributed by atoms with Crippen LogP contribution in [0.5, 0.6) is 0 Å². The van der Waals surface area contributed by atoms with Gasteiger partial charge in [-0.05, 0) is 5.56 Å². The van der Waals surface area contributed by atoms with Crippen LogP contribution in [0, 0.1) is 0 Å². The van der Waals surface area contributed by atoms with E-state index < -0.39 is 0 Å². The van der Waals surface area contributed by atoms with Gasteiger partial charge in [-0.25, -0.2) is 4.99 Å². The first kappa shape index (κ1) is 13.3. The molecule has 0 aromatic heterocycles. The van der Waals surface area contributed by atoms with E-state index in [1.54, 1.807) is 0 Å². The summed E-state index contributed by atoms with van der Waals surface area (Å²) in [7, 11) is 0. The molecular formula is C17H13N3OS. The molecule has 5 heteroatoms. The molecule has 1 amide bonds. The van der Waals surface area contributed by atoms with Crippen LogP contribution in [-0.2, 0) is 4.79 Å². The lowest BCUT2D eigenvalue weighted by Crippen LogP contribution is -2.32. The molecule has 4 rings (SSSR count). The first-order valence-electron chi connectivity index (χ1n) is 7.05. The molecule has 0 N–H and O–H groups in total. The van der Waals surface area contributed by atoms with E-state index in [0.29, 0.717) is 10.9 Å². The average molecular weight is 307 g/mol. The lowest BCUT2D eigenvalue weighted by Gasteiger charge is -2.24. The minimum atomic E-state index is -0.173. The minimum absolute atomic E-state index is 0.0105. The monoisotopic (exact) mass is 307 g/mol. The Bertz CT molecular complexity index is 771. The molecule has 2 aromatic rings. The van der Waals surface area contributed by atoms with Crippen LogP contribution in [0.2, 0.25) is 0 Å². The Hall–Kier alpha value is -2.40. The van der Waals surface area contributed by atoms with Crippen LogP contribution in [0.4, 0.5) is 0 Å². The van der Waals surface area contributed by atoms with E-state index in [1.165, 1.54) is 16.8 Å². The molecule has 1 unspecified atom stereocenters. The van der Waals surface area contributed by atoms with Crippen molar-refractivity contribution < 1.29 is 4.79 Å². The number of hydrazone groups is 1. The molecule has 2 heterocycles. The van der Waals surface area contributed by atoms with Crippen LogP contribution < -0.4 is 0 Å². The summed E-state index contributed by atoms with van der Waals surface area (Å²) in [6, 6.07) is 19.8. The number of hydrogen-bond donors (Lipinski definition) is 0. The van der Waals surface area contributed by atoms with Gasteiger partial charge in [-0.15, -0.1) is 0 Å². The first-order valence-corrected chi connectivity index (χ1v) is 8.04. The summed E-state index contributed by atoms with van der Waals surface area (Å²) < 4.78 is 0. The van der Waals surface area contributed by atoms with Crippen molar-refractivity contribution in [1.29, 1.82) is 0 Å². The van der Waals surface area contributed by atoms with Crippen LogP contribution in [0.15, 0.2) is 70.8 Å². The fourth-order valence-electron chi connectivity index (χ4n) is 2.57. The molecule has 4 nitrogen and oxygen atoms in total. The van der Waals surface area contributed by atoms with Gasteiger partial charge in [0.1, 0.15) is 6.04 Å². The van der Waals surface area contributed by atoms with E-state index in [1.807, 2.05) is 60.7 Å². The van der Waals surface area contributed by atoms with Gasteiger partial charge < -0.3 is 0 Å². The van der Waals surface area contributed by atoms with Gasteiger partial charge in [0, 0.05) is 5.56 Å². The third kappa shape index (κ3) is 2.23. The molecule has 1 saturated heterocycles. The fourth-order valence-corrected chi connectivity index (χ4v) is 3.39. The molecule has 0 radical (unpaired) electrons. The lowest BCUT2D eigenvalue weighted by atomic mass is 9.97. The van der Waals surface area contributed by atoms with Gasteiger partial charge >= 0.3 is 0 Å². The molecule has 0 aliphatic carbocycles. The van der Waals surface area contributed by atoms with E-state index in [0.717, 1.165) is 16.8 Å². The Balaban J connectivity index is 1.84. The van der Waals surface area contributed by atoms with Crippen LogP contribution in [-0.4, -0.2) is 27.5 Å². The summed E-state index contributed by atoms with van der Waals surface area (Å²) in [6.07, 6.45) is 0. The van der Waals surface area contributed by atoms with Crippen molar-refractivity contribution in [1.82, 2.24) is 5.01 Å². The van der Waals surface area contributed by atoms with Crippen LogP contribution in [0.1, 0.15) is 17.2 Å². The van der Waals surface area contributed by atoms with Crippen LogP contribution >= 0.6 is 11.8 Å². The Morgan fingerprint density at radius 2 is 1.68 bits per heavy atom. The second-order valence-corrected chi connectivity index (χ2v) is 6.01. The van der Waals surface area contributed by atoms with Crippen LogP contribution in [0.25, 0.3) is 0 Å². The highest BCUT2D eigenvalue weighted by Gasteiger charge is 2.35. The number of amides is 1. The smallest absolute Gasteiger partial charge is 0.259 e. The Morgan fingerprint density at radius 1 is 1.00 bits per heavy atom. The first-order chi connectivity index (χ1) is 10.8. The van der Waals surface area contributed by atoms with E-state index in [9.17, 15) is 4.79 Å². The SMILES string of the molecule is O=C1CSC2=NC(c3ccccc3)C(c3ccccc3)=NN12. The fraction of sp³-hybridized carbons (Fsp3) is 0.118. The summed E-state index contributed by atoms with van der Waals surface area (Å²) in [5, 5.41) is 6.73. The second-order valence-electron chi connectivity index (χ2n) is 5.07. The zero-order valence-electron chi connectivity index (χ0n) is 11.7. The second kappa shape index (κ2) is 5.42. The molecule has 0 saturated carbocycles. The lowest BCUT2D eigenvalue weighted by molar-refractivity contribution is -0.124. The highest BCUT2D eigenvalue weighted by molar-refractivity contribution is 8.15. The van der Waals surface area contributed by atoms with E-state index in [4.69, 9.17) is 4.99 Å². The number of aliphatic imine (C=N–C) groups is 1. The van der Waals surface area contributed by atoms with Crippen molar-refractivity contribution in [2.75, 3.05) is 5.75 Å². The molecule has 22 heavy (non-hydrogen) atoms. The standard InChI is InChI=1S/C17H13N3OS/c21-14-11-22-17-18-15(12-7-3-1-4-8-12)16(19-20(14)17)13-9-5-2-6-10-13/h1-10,15H,11H2. The molecular weight excluding hydrogens is 294 g/mol. The van der Waals surface area contributed by atoms with E-state index in [-0.39, 0.29) is 11.9 Å². The van der Waals surface area contributed by atoms with Gasteiger partial charge in [-0.1, -0.05) is 72.4 Å². The van der Waals surface area contributed by atoms with Gasteiger partial charge in [0.25, 0.3) is 5.91 Å². The van der Waals surface area contributed by atoms with Crippen molar-refractivity contribution in [3.05, 3.63) is 71.8 Å². The minimum Gasteiger partial charge on any atom is -0.271 e. The summed E-state index contributed by atoms with van der Waals surface area (Å²) in [6.45, 7) is 0. The number of nitrogens with zero attached hydrogens (tertiary/aromatic N) is 3. The third-order valence-electron chi connectivity index (χ3n) is 3.63. The number of benzene rings is 2. The summed E-state index contributed by atoms with van der Waals surface area (Å²) in [5.41, 5.74) is 2.88. The summed E-state index contributed by atoms with van der Waals surface area (Å²) in [4.78, 5) is 16.7. The molecule has 1 fully saturated rings. The molecule has 0 spiro atoms. The number of fused-ring (bicyclic) bond motifs is 1. The van der Waals surface area contributed by atoms with E-state index >= 15 is 0 Å². The maximum atomic E-state index is 11.9. The summed E-state index contributed by atoms with van der Waals surface area (Å²) >= 11 is 1.45. The maximum Gasteiger partial charge on any atom is 0.259 e. The summed E-state index contributed by atoms with van der Waals surface area (Å²) in [5.74, 6) is 0.398. The normalized spacial score (nSPS) is 20.5. The van der Waals surface area contributed by atoms with Gasteiger partial charge in [0.2, 0.25) is 0 Å².